The van der Waals surface area contributed by atoms with Crippen LogP contribution in [0.4, 0.5) is 0 Å². The van der Waals surface area contributed by atoms with Gasteiger partial charge in [-0.15, -0.1) is 5.10 Å². The molecule has 128 valence electrons. The fraction of sp³-hybridized carbons (Fsp3) is 0.353. The number of hydrogen-bond acceptors (Lipinski definition) is 7. The van der Waals surface area contributed by atoms with Gasteiger partial charge in [0.15, 0.2) is 0 Å². The third kappa shape index (κ3) is 3.30. The van der Waals surface area contributed by atoms with Crippen molar-refractivity contribution in [3.63, 3.8) is 0 Å². The van der Waals surface area contributed by atoms with Crippen LogP contribution in [0.2, 0.25) is 0 Å². The number of carbonyl (C=O) groups excluding carboxylic acids is 1. The lowest BCUT2D eigenvalue weighted by molar-refractivity contribution is 0.0591. The van der Waals surface area contributed by atoms with Crippen molar-refractivity contribution in [2.24, 2.45) is 0 Å². The van der Waals surface area contributed by atoms with Crippen molar-refractivity contribution in [2.45, 2.75) is 25.9 Å². The number of hydrogen-bond donors (Lipinski definition) is 0. The van der Waals surface area contributed by atoms with E-state index in [0.717, 1.165) is 35.4 Å². The molecule has 0 atom stereocenters. The second-order valence-electron chi connectivity index (χ2n) is 5.99. The third-order valence-corrected chi connectivity index (χ3v) is 5.10. The molecule has 0 spiro atoms. The van der Waals surface area contributed by atoms with Crippen molar-refractivity contribution in [1.82, 2.24) is 24.5 Å². The quantitative estimate of drug-likeness (QED) is 0.718. The van der Waals surface area contributed by atoms with Gasteiger partial charge in [-0.3, -0.25) is 4.79 Å². The van der Waals surface area contributed by atoms with Gasteiger partial charge in [0.05, 0.1) is 22.9 Å². The number of likely N-dealkylation sites (tertiary alicyclic amines) is 1. The van der Waals surface area contributed by atoms with E-state index >= 15 is 0 Å². The summed E-state index contributed by atoms with van der Waals surface area (Å²) < 4.78 is 9.81. The van der Waals surface area contributed by atoms with Crippen LogP contribution in [0, 0.1) is 6.92 Å². The molecule has 0 saturated carbocycles. The molecular formula is C17H17N5O2S. The van der Waals surface area contributed by atoms with Crippen molar-refractivity contribution in [1.29, 1.82) is 0 Å². The van der Waals surface area contributed by atoms with Crippen LogP contribution in [0.1, 0.15) is 28.2 Å². The van der Waals surface area contributed by atoms with Crippen LogP contribution in [0.25, 0.3) is 11.0 Å². The van der Waals surface area contributed by atoms with Crippen LogP contribution in [-0.2, 0) is 0 Å². The molecule has 3 aromatic rings. The first kappa shape index (κ1) is 15.9. The van der Waals surface area contributed by atoms with E-state index in [0.29, 0.717) is 29.5 Å². The van der Waals surface area contributed by atoms with Gasteiger partial charge in [-0.2, -0.15) is 0 Å². The van der Waals surface area contributed by atoms with Gasteiger partial charge < -0.3 is 9.64 Å². The van der Waals surface area contributed by atoms with Gasteiger partial charge in [-0.25, -0.2) is 9.97 Å². The molecule has 1 saturated heterocycles. The Bertz CT molecular complexity index is 905. The molecule has 0 radical (unpaired) electrons. The van der Waals surface area contributed by atoms with E-state index in [1.807, 2.05) is 36.1 Å². The summed E-state index contributed by atoms with van der Waals surface area (Å²) >= 11 is 1.15. The number of nitrogens with zero attached hydrogens (tertiary/aromatic N) is 5. The first-order valence-electron chi connectivity index (χ1n) is 8.17. The van der Waals surface area contributed by atoms with Gasteiger partial charge >= 0.3 is 0 Å². The minimum Gasteiger partial charge on any atom is -0.473 e. The Morgan fingerprint density at radius 1 is 1.24 bits per heavy atom. The molecule has 8 heteroatoms. The Kier molecular flexibility index (Phi) is 4.27. The molecule has 1 amide bonds. The molecule has 1 aromatic carbocycles. The smallest absolute Gasteiger partial charge is 0.267 e. The SMILES string of the molecule is Cc1nnsc1C(=O)N1CCC(Oc2cnc3ccccc3n2)CC1. The topological polar surface area (TPSA) is 81.1 Å². The molecule has 4 rings (SSSR count). The maximum atomic E-state index is 12.5. The summed E-state index contributed by atoms with van der Waals surface area (Å²) in [6.07, 6.45) is 3.24. The molecule has 0 unspecified atom stereocenters. The Balaban J connectivity index is 1.38. The number of fused-ring (bicyclic) bond motifs is 1. The van der Waals surface area contributed by atoms with E-state index in [2.05, 4.69) is 19.6 Å². The number of aryl methyl sites for hydroxylation is 1. The number of ether oxygens (including phenoxy) is 1. The number of para-hydroxylation sites is 2. The van der Waals surface area contributed by atoms with E-state index in [-0.39, 0.29) is 12.0 Å². The molecular weight excluding hydrogens is 338 g/mol. The highest BCUT2D eigenvalue weighted by Gasteiger charge is 2.27. The van der Waals surface area contributed by atoms with Gasteiger partial charge in [-0.05, 0) is 30.6 Å². The van der Waals surface area contributed by atoms with Crippen molar-refractivity contribution in [3.8, 4) is 5.88 Å². The fourth-order valence-corrected chi connectivity index (χ4v) is 3.54. The Morgan fingerprint density at radius 2 is 2.00 bits per heavy atom. The number of benzene rings is 1. The van der Waals surface area contributed by atoms with E-state index in [4.69, 9.17) is 4.74 Å². The third-order valence-electron chi connectivity index (χ3n) is 4.29. The molecule has 0 bridgehead atoms. The molecule has 1 aliphatic rings. The van der Waals surface area contributed by atoms with Gasteiger partial charge in [0, 0.05) is 25.9 Å². The zero-order chi connectivity index (χ0) is 17.2. The number of amides is 1. The van der Waals surface area contributed by atoms with Crippen molar-refractivity contribution in [3.05, 3.63) is 41.0 Å². The largest absolute Gasteiger partial charge is 0.473 e. The zero-order valence-corrected chi connectivity index (χ0v) is 14.6. The lowest BCUT2D eigenvalue weighted by Crippen LogP contribution is -2.41. The van der Waals surface area contributed by atoms with Crippen LogP contribution < -0.4 is 4.74 Å². The van der Waals surface area contributed by atoms with Gasteiger partial charge in [-0.1, -0.05) is 16.6 Å². The summed E-state index contributed by atoms with van der Waals surface area (Å²) in [4.78, 5) is 23.8. The summed E-state index contributed by atoms with van der Waals surface area (Å²) in [5.41, 5.74) is 2.37. The van der Waals surface area contributed by atoms with E-state index in [9.17, 15) is 4.79 Å². The van der Waals surface area contributed by atoms with Crippen molar-refractivity contribution in [2.75, 3.05) is 13.1 Å². The minimum absolute atomic E-state index is 0.0106. The van der Waals surface area contributed by atoms with Crippen LogP contribution >= 0.6 is 11.5 Å². The zero-order valence-electron chi connectivity index (χ0n) is 13.8. The first-order valence-corrected chi connectivity index (χ1v) is 8.95. The number of aromatic nitrogens is 4. The van der Waals surface area contributed by atoms with Crippen molar-refractivity contribution < 1.29 is 9.53 Å². The van der Waals surface area contributed by atoms with Crippen molar-refractivity contribution >= 4 is 28.5 Å². The van der Waals surface area contributed by atoms with Crippen LogP contribution in [0.3, 0.4) is 0 Å². The van der Waals surface area contributed by atoms with E-state index in [1.54, 1.807) is 6.20 Å². The predicted molar refractivity (Wildman–Crippen MR) is 93.7 cm³/mol. The molecule has 3 heterocycles. The highest BCUT2D eigenvalue weighted by atomic mass is 32.1. The fourth-order valence-electron chi connectivity index (χ4n) is 2.92. The normalized spacial score (nSPS) is 15.5. The highest BCUT2D eigenvalue weighted by Crippen LogP contribution is 2.21. The highest BCUT2D eigenvalue weighted by molar-refractivity contribution is 7.07. The predicted octanol–water partition coefficient (Wildman–Crippen LogP) is 2.47. The number of carbonyl (C=O) groups is 1. The molecule has 0 aliphatic carbocycles. The Labute approximate surface area is 148 Å². The lowest BCUT2D eigenvalue weighted by Gasteiger charge is -2.31. The van der Waals surface area contributed by atoms with Gasteiger partial charge in [0.1, 0.15) is 11.0 Å². The van der Waals surface area contributed by atoms with Gasteiger partial charge in [0.25, 0.3) is 5.91 Å². The van der Waals surface area contributed by atoms with Crippen LogP contribution in [0.15, 0.2) is 30.5 Å². The summed E-state index contributed by atoms with van der Waals surface area (Å²) in [5, 5.41) is 3.91. The maximum Gasteiger partial charge on any atom is 0.267 e. The number of piperidine rings is 1. The molecule has 1 aliphatic heterocycles. The van der Waals surface area contributed by atoms with Gasteiger partial charge in [0.2, 0.25) is 5.88 Å². The monoisotopic (exact) mass is 355 g/mol. The molecule has 1 fully saturated rings. The Hall–Kier alpha value is -2.61. The van der Waals surface area contributed by atoms with Crippen LogP contribution in [0.5, 0.6) is 5.88 Å². The van der Waals surface area contributed by atoms with Crippen LogP contribution in [-0.4, -0.2) is 49.6 Å². The molecule has 2 aromatic heterocycles. The molecule has 0 N–H and O–H groups in total. The minimum atomic E-state index is 0.0106. The Morgan fingerprint density at radius 3 is 2.72 bits per heavy atom. The second kappa shape index (κ2) is 6.72. The summed E-state index contributed by atoms with van der Waals surface area (Å²) in [7, 11) is 0. The average molecular weight is 355 g/mol. The standard InChI is InChI=1S/C17H17N5O2S/c1-11-16(25-21-20-11)17(23)22-8-6-12(7-9-22)24-15-10-18-13-4-2-3-5-14(13)19-15/h2-5,10,12H,6-9H2,1H3. The summed E-state index contributed by atoms with van der Waals surface area (Å²) in [5.74, 6) is 0.544. The summed E-state index contributed by atoms with van der Waals surface area (Å²) in [6, 6.07) is 7.71. The lowest BCUT2D eigenvalue weighted by atomic mass is 10.1. The van der Waals surface area contributed by atoms with E-state index < -0.39 is 0 Å². The van der Waals surface area contributed by atoms with E-state index in [1.165, 1.54) is 0 Å². The summed E-state index contributed by atoms with van der Waals surface area (Å²) in [6.45, 7) is 3.12. The maximum absolute atomic E-state index is 12.5. The second-order valence-corrected chi connectivity index (χ2v) is 6.75. The molecule has 7 nitrogen and oxygen atoms in total. The average Bonchev–Trinajstić information content (AvgIpc) is 3.08. The number of rotatable bonds is 3. The first-order chi connectivity index (χ1) is 12.2. The molecule has 25 heavy (non-hydrogen) atoms.